The van der Waals surface area contributed by atoms with E-state index in [0.717, 1.165) is 38.6 Å². The van der Waals surface area contributed by atoms with Crippen LogP contribution in [0.4, 0.5) is 5.69 Å². The molecule has 0 N–H and O–H groups in total. The van der Waals surface area contributed by atoms with Crippen LogP contribution in [0, 0.1) is 10.1 Å². The summed E-state index contributed by atoms with van der Waals surface area (Å²) in [6, 6.07) is 1.49. The van der Waals surface area contributed by atoms with Crippen LogP contribution in [0.15, 0.2) is 21.8 Å². The SMILES string of the molecule is O=[N+]([O-])c1cc(Br)cnc1SCCN1CCOCC1. The van der Waals surface area contributed by atoms with Crippen molar-refractivity contribution >= 4 is 33.4 Å². The summed E-state index contributed by atoms with van der Waals surface area (Å²) in [5.74, 6) is 0.787. The highest BCUT2D eigenvalue weighted by Crippen LogP contribution is 2.29. The van der Waals surface area contributed by atoms with Crippen LogP contribution in [0.1, 0.15) is 0 Å². The van der Waals surface area contributed by atoms with E-state index in [4.69, 9.17) is 4.74 Å². The van der Waals surface area contributed by atoms with E-state index in [-0.39, 0.29) is 5.69 Å². The second-order valence-corrected chi connectivity index (χ2v) is 6.04. The number of hydrogen-bond donors (Lipinski definition) is 0. The van der Waals surface area contributed by atoms with E-state index in [1.54, 1.807) is 6.20 Å². The molecule has 0 aliphatic carbocycles. The Morgan fingerprint density at radius 1 is 1.53 bits per heavy atom. The van der Waals surface area contributed by atoms with Gasteiger partial charge in [-0.3, -0.25) is 15.0 Å². The van der Waals surface area contributed by atoms with E-state index in [2.05, 4.69) is 25.8 Å². The van der Waals surface area contributed by atoms with Gasteiger partial charge in [-0.2, -0.15) is 0 Å². The fraction of sp³-hybridized carbons (Fsp3) is 0.545. The lowest BCUT2D eigenvalue weighted by molar-refractivity contribution is -0.388. The van der Waals surface area contributed by atoms with Crippen molar-refractivity contribution in [3.63, 3.8) is 0 Å². The first-order valence-electron chi connectivity index (χ1n) is 5.89. The van der Waals surface area contributed by atoms with Crippen molar-refractivity contribution in [2.75, 3.05) is 38.6 Å². The van der Waals surface area contributed by atoms with E-state index in [1.165, 1.54) is 17.8 Å². The molecular formula is C11H14BrN3O3S. The predicted octanol–water partition coefficient (Wildman–Crippen LogP) is 2.18. The Bertz CT molecular complexity index is 455. The zero-order chi connectivity index (χ0) is 13.7. The van der Waals surface area contributed by atoms with Crippen LogP contribution in [0.25, 0.3) is 0 Å². The minimum Gasteiger partial charge on any atom is -0.379 e. The van der Waals surface area contributed by atoms with Crippen LogP contribution in [-0.4, -0.2) is 53.4 Å². The average Bonchev–Trinajstić information content (AvgIpc) is 2.41. The Kier molecular flexibility index (Phi) is 5.56. The molecule has 0 saturated carbocycles. The number of pyridine rings is 1. The molecular weight excluding hydrogens is 334 g/mol. The van der Waals surface area contributed by atoms with Crippen LogP contribution in [0.5, 0.6) is 0 Å². The smallest absolute Gasteiger partial charge is 0.302 e. The van der Waals surface area contributed by atoms with Gasteiger partial charge in [0.2, 0.25) is 0 Å². The van der Waals surface area contributed by atoms with E-state index in [1.807, 2.05) is 0 Å². The van der Waals surface area contributed by atoms with Gasteiger partial charge in [0.1, 0.15) is 0 Å². The Balaban J connectivity index is 1.89. The number of morpholine rings is 1. The number of rotatable bonds is 5. The third-order valence-corrected chi connectivity index (χ3v) is 4.15. The lowest BCUT2D eigenvalue weighted by Crippen LogP contribution is -2.37. The van der Waals surface area contributed by atoms with Crippen molar-refractivity contribution in [1.29, 1.82) is 0 Å². The summed E-state index contributed by atoms with van der Waals surface area (Å²) in [6.45, 7) is 4.28. The highest BCUT2D eigenvalue weighted by molar-refractivity contribution is 9.10. The minimum atomic E-state index is -0.394. The molecule has 1 aromatic heterocycles. The highest BCUT2D eigenvalue weighted by Gasteiger charge is 2.17. The first-order chi connectivity index (χ1) is 9.16. The second kappa shape index (κ2) is 7.18. The monoisotopic (exact) mass is 347 g/mol. The average molecular weight is 348 g/mol. The fourth-order valence-corrected chi connectivity index (χ4v) is 3.02. The van der Waals surface area contributed by atoms with Gasteiger partial charge in [0.25, 0.3) is 0 Å². The number of ether oxygens (including phenoxy) is 1. The number of aromatic nitrogens is 1. The fourth-order valence-electron chi connectivity index (χ4n) is 1.75. The molecule has 0 amide bonds. The van der Waals surface area contributed by atoms with E-state index < -0.39 is 4.92 Å². The quantitative estimate of drug-likeness (QED) is 0.462. The van der Waals surface area contributed by atoms with Crippen molar-refractivity contribution < 1.29 is 9.66 Å². The van der Waals surface area contributed by atoms with Gasteiger partial charge in [0.15, 0.2) is 5.03 Å². The number of thioether (sulfide) groups is 1. The van der Waals surface area contributed by atoms with Crippen molar-refractivity contribution in [3.05, 3.63) is 26.9 Å². The van der Waals surface area contributed by atoms with Crippen LogP contribution >= 0.6 is 27.7 Å². The molecule has 0 radical (unpaired) electrons. The molecule has 19 heavy (non-hydrogen) atoms. The van der Waals surface area contributed by atoms with Crippen molar-refractivity contribution in [1.82, 2.24) is 9.88 Å². The summed E-state index contributed by atoms with van der Waals surface area (Å²) >= 11 is 4.62. The standard InChI is InChI=1S/C11H14BrN3O3S/c12-9-7-10(15(16)17)11(13-8-9)19-6-3-14-1-4-18-5-2-14/h7-8H,1-6H2. The molecule has 1 fully saturated rings. The Hall–Kier alpha value is -0.700. The molecule has 0 atom stereocenters. The number of nitrogens with zero attached hydrogens (tertiary/aromatic N) is 3. The van der Waals surface area contributed by atoms with Gasteiger partial charge in [-0.05, 0) is 15.9 Å². The molecule has 0 aromatic carbocycles. The molecule has 8 heteroatoms. The molecule has 0 bridgehead atoms. The van der Waals surface area contributed by atoms with Crippen LogP contribution in [0.3, 0.4) is 0 Å². The second-order valence-electron chi connectivity index (χ2n) is 4.04. The van der Waals surface area contributed by atoms with Crippen molar-refractivity contribution in [3.8, 4) is 0 Å². The molecule has 2 rings (SSSR count). The molecule has 1 aromatic rings. The zero-order valence-corrected chi connectivity index (χ0v) is 12.7. The zero-order valence-electron chi connectivity index (χ0n) is 10.2. The predicted molar refractivity (Wildman–Crippen MR) is 76.6 cm³/mol. The largest absolute Gasteiger partial charge is 0.379 e. The van der Waals surface area contributed by atoms with Crippen LogP contribution < -0.4 is 0 Å². The van der Waals surface area contributed by atoms with Gasteiger partial charge in [0.05, 0.1) is 18.1 Å². The molecule has 1 aliphatic heterocycles. The van der Waals surface area contributed by atoms with Gasteiger partial charge in [0, 0.05) is 42.1 Å². The first-order valence-corrected chi connectivity index (χ1v) is 7.67. The maximum atomic E-state index is 10.9. The summed E-state index contributed by atoms with van der Waals surface area (Å²) in [6.07, 6.45) is 1.59. The Labute approximate surface area is 123 Å². The normalized spacial score (nSPS) is 16.5. The van der Waals surface area contributed by atoms with E-state index in [9.17, 15) is 10.1 Å². The maximum Gasteiger partial charge on any atom is 0.302 e. The topological polar surface area (TPSA) is 68.5 Å². The number of nitro groups is 1. The molecule has 1 aliphatic rings. The summed E-state index contributed by atoms with van der Waals surface area (Å²) in [5, 5.41) is 11.4. The summed E-state index contributed by atoms with van der Waals surface area (Å²) in [5.41, 5.74) is 0.0568. The third kappa shape index (κ3) is 4.41. The maximum absolute atomic E-state index is 10.9. The summed E-state index contributed by atoms with van der Waals surface area (Å²) in [4.78, 5) is 17.0. The summed E-state index contributed by atoms with van der Waals surface area (Å²) in [7, 11) is 0. The van der Waals surface area contributed by atoms with E-state index in [0.29, 0.717) is 9.50 Å². The van der Waals surface area contributed by atoms with Gasteiger partial charge in [-0.15, -0.1) is 0 Å². The van der Waals surface area contributed by atoms with E-state index >= 15 is 0 Å². The van der Waals surface area contributed by atoms with Gasteiger partial charge < -0.3 is 4.74 Å². The number of hydrogen-bond acceptors (Lipinski definition) is 6. The lowest BCUT2D eigenvalue weighted by atomic mass is 10.4. The molecule has 0 spiro atoms. The molecule has 0 unspecified atom stereocenters. The number of halogens is 1. The lowest BCUT2D eigenvalue weighted by Gasteiger charge is -2.26. The van der Waals surface area contributed by atoms with Crippen molar-refractivity contribution in [2.45, 2.75) is 5.03 Å². The molecule has 104 valence electrons. The van der Waals surface area contributed by atoms with Gasteiger partial charge >= 0.3 is 5.69 Å². The molecule has 2 heterocycles. The highest BCUT2D eigenvalue weighted by atomic mass is 79.9. The summed E-state index contributed by atoms with van der Waals surface area (Å²) < 4.78 is 5.89. The minimum absolute atomic E-state index is 0.0568. The van der Waals surface area contributed by atoms with Crippen LogP contribution in [-0.2, 0) is 4.74 Å². The Morgan fingerprint density at radius 3 is 2.95 bits per heavy atom. The first kappa shape index (κ1) is 14.7. The van der Waals surface area contributed by atoms with Crippen molar-refractivity contribution in [2.24, 2.45) is 0 Å². The Morgan fingerprint density at radius 2 is 2.26 bits per heavy atom. The third-order valence-electron chi connectivity index (χ3n) is 2.75. The van der Waals surface area contributed by atoms with Crippen LogP contribution in [0.2, 0.25) is 0 Å². The van der Waals surface area contributed by atoms with Gasteiger partial charge in [-0.25, -0.2) is 4.98 Å². The van der Waals surface area contributed by atoms with Gasteiger partial charge in [-0.1, -0.05) is 11.8 Å². The molecule has 1 saturated heterocycles. The molecule has 6 nitrogen and oxygen atoms in total.